The Kier molecular flexibility index (Phi) is 8.77. The highest BCUT2D eigenvalue weighted by atomic mass is 35.5. The number of hydrogen-bond acceptors (Lipinski definition) is 7. The van der Waals surface area contributed by atoms with Crippen molar-refractivity contribution in [3.63, 3.8) is 0 Å². The lowest BCUT2D eigenvalue weighted by molar-refractivity contribution is 0.287. The number of rotatable bonds is 7. The zero-order valence-electron chi connectivity index (χ0n) is 24.8. The molecule has 0 unspecified atom stereocenters. The number of allylic oxidation sites excluding steroid dienone is 2. The summed E-state index contributed by atoms with van der Waals surface area (Å²) in [6.45, 7) is 21.6. The highest BCUT2D eigenvalue weighted by Crippen LogP contribution is 2.42. The normalized spacial score (nSPS) is 16.1. The molecule has 41 heavy (non-hydrogen) atoms. The molecule has 0 saturated carbocycles. The summed E-state index contributed by atoms with van der Waals surface area (Å²) in [5, 5.41) is 15.7. The van der Waals surface area contributed by atoms with E-state index in [2.05, 4.69) is 56.8 Å². The van der Waals surface area contributed by atoms with Crippen molar-refractivity contribution in [3.05, 3.63) is 93.4 Å². The van der Waals surface area contributed by atoms with Gasteiger partial charge in [0.25, 0.3) is 0 Å². The second kappa shape index (κ2) is 11.9. The molecule has 2 aromatic heterocycles. The van der Waals surface area contributed by atoms with Crippen molar-refractivity contribution in [1.82, 2.24) is 15.2 Å². The van der Waals surface area contributed by atoms with E-state index < -0.39 is 0 Å². The number of likely N-dealkylation sites (N-methyl/N-ethyl adjacent to an activating group) is 1. The number of nitrogens with zero attached hydrogens (tertiary/aromatic N) is 4. The molecule has 0 radical (unpaired) electrons. The molecule has 3 heterocycles. The van der Waals surface area contributed by atoms with E-state index in [9.17, 15) is 5.26 Å². The van der Waals surface area contributed by atoms with E-state index in [1.807, 2.05) is 49.9 Å². The minimum absolute atomic E-state index is 0.0225. The van der Waals surface area contributed by atoms with E-state index >= 15 is 0 Å². The van der Waals surface area contributed by atoms with Gasteiger partial charge in [0.05, 0.1) is 28.0 Å². The predicted molar refractivity (Wildman–Crippen MR) is 173 cm³/mol. The van der Waals surface area contributed by atoms with Crippen molar-refractivity contribution in [3.8, 4) is 22.9 Å². The van der Waals surface area contributed by atoms with Gasteiger partial charge >= 0.3 is 0 Å². The number of amidine groups is 1. The fourth-order valence-electron chi connectivity index (χ4n) is 4.90. The number of aromatic nitrogens is 1. The molecule has 3 aromatic rings. The second-order valence-electron chi connectivity index (χ2n) is 10.9. The van der Waals surface area contributed by atoms with Gasteiger partial charge < -0.3 is 15.0 Å². The molecule has 0 bridgehead atoms. The highest BCUT2D eigenvalue weighted by molar-refractivity contribution is 7.18. The summed E-state index contributed by atoms with van der Waals surface area (Å²) < 4.78 is 7.53. The van der Waals surface area contributed by atoms with Gasteiger partial charge in [0, 0.05) is 45.9 Å². The standard InChI is InChI=1S/C33H36ClN5OS/c1-10-28-30(26(17-35)20(3)36-9)21(4)39(22(5)38-28)13-14-40-29-12-11-23(34)16-24(29)25-15-19(2)37-31-27(33(6,7)8)18-41-32(25)31/h10-12,15-16,18,36H,3-4,13-14H2,1-2,5-9H3/b28-10+,30-26-. The van der Waals surface area contributed by atoms with E-state index in [0.717, 1.165) is 38.6 Å². The Bertz CT molecular complexity index is 1680. The first kappa shape index (κ1) is 30.1. The Morgan fingerprint density at radius 3 is 2.61 bits per heavy atom. The number of aryl methyl sites for hydroxylation is 1. The van der Waals surface area contributed by atoms with Crippen molar-refractivity contribution in [2.75, 3.05) is 20.2 Å². The molecule has 0 spiro atoms. The number of pyridine rings is 1. The third-order valence-corrected chi connectivity index (χ3v) is 8.28. The van der Waals surface area contributed by atoms with Gasteiger partial charge in [0.2, 0.25) is 0 Å². The number of nitriles is 1. The number of ether oxygens (including phenoxy) is 1. The van der Waals surface area contributed by atoms with Crippen LogP contribution in [0.5, 0.6) is 5.75 Å². The summed E-state index contributed by atoms with van der Waals surface area (Å²) in [6.07, 6.45) is 1.88. The molecule has 0 fully saturated rings. The number of hydrogen-bond donors (Lipinski definition) is 1. The monoisotopic (exact) mass is 585 g/mol. The first-order valence-corrected chi connectivity index (χ1v) is 14.7. The molecule has 0 saturated heterocycles. The quantitative estimate of drug-likeness (QED) is 0.282. The number of nitrogens with one attached hydrogen (secondary N) is 1. The Morgan fingerprint density at radius 1 is 1.24 bits per heavy atom. The first-order chi connectivity index (χ1) is 19.4. The summed E-state index contributed by atoms with van der Waals surface area (Å²) in [5.41, 5.74) is 8.11. The fourth-order valence-corrected chi connectivity index (χ4v) is 6.34. The van der Waals surface area contributed by atoms with Crippen molar-refractivity contribution < 1.29 is 4.74 Å². The van der Waals surface area contributed by atoms with E-state index in [0.29, 0.717) is 46.4 Å². The maximum absolute atomic E-state index is 9.91. The van der Waals surface area contributed by atoms with Crippen LogP contribution in [0, 0.1) is 18.3 Å². The number of halogens is 1. The Balaban J connectivity index is 1.68. The van der Waals surface area contributed by atoms with Gasteiger partial charge in [-0.2, -0.15) is 5.26 Å². The number of benzene rings is 1. The summed E-state index contributed by atoms with van der Waals surface area (Å²) in [7, 11) is 1.74. The van der Waals surface area contributed by atoms with Crippen LogP contribution in [-0.2, 0) is 5.41 Å². The third kappa shape index (κ3) is 5.95. The lowest BCUT2D eigenvalue weighted by Gasteiger charge is -2.33. The lowest BCUT2D eigenvalue weighted by Crippen LogP contribution is -2.36. The average Bonchev–Trinajstić information content (AvgIpc) is 3.36. The zero-order valence-corrected chi connectivity index (χ0v) is 26.3. The minimum atomic E-state index is -0.0225. The van der Waals surface area contributed by atoms with Gasteiger partial charge in [-0.15, -0.1) is 11.3 Å². The number of aliphatic imine (C=N–C) groups is 1. The molecule has 1 aliphatic rings. The maximum Gasteiger partial charge on any atom is 0.127 e. The molecular weight excluding hydrogens is 550 g/mol. The van der Waals surface area contributed by atoms with Gasteiger partial charge in [-0.05, 0) is 61.4 Å². The summed E-state index contributed by atoms with van der Waals surface area (Å²) in [4.78, 5) is 11.6. The van der Waals surface area contributed by atoms with Gasteiger partial charge in [-0.3, -0.25) is 4.98 Å². The summed E-state index contributed by atoms with van der Waals surface area (Å²) in [5.74, 6) is 1.51. The van der Waals surface area contributed by atoms with Crippen molar-refractivity contribution in [2.24, 2.45) is 4.99 Å². The van der Waals surface area contributed by atoms with Gasteiger partial charge in [0.1, 0.15) is 24.3 Å². The molecule has 4 rings (SSSR count). The van der Waals surface area contributed by atoms with E-state index in [1.54, 1.807) is 18.4 Å². The van der Waals surface area contributed by atoms with Crippen molar-refractivity contribution in [1.29, 1.82) is 5.26 Å². The van der Waals surface area contributed by atoms with Crippen LogP contribution >= 0.6 is 22.9 Å². The van der Waals surface area contributed by atoms with Crippen LogP contribution in [0.25, 0.3) is 21.3 Å². The lowest BCUT2D eigenvalue weighted by atomic mass is 9.88. The highest BCUT2D eigenvalue weighted by Gasteiger charge is 2.27. The molecule has 6 nitrogen and oxygen atoms in total. The fraction of sp³-hybridized carbons (Fsp3) is 0.303. The summed E-state index contributed by atoms with van der Waals surface area (Å²) >= 11 is 8.20. The van der Waals surface area contributed by atoms with Crippen LogP contribution in [0.4, 0.5) is 0 Å². The van der Waals surface area contributed by atoms with Gasteiger partial charge in [-0.1, -0.05) is 51.6 Å². The minimum Gasteiger partial charge on any atom is -0.491 e. The van der Waals surface area contributed by atoms with Crippen LogP contribution < -0.4 is 10.1 Å². The molecule has 0 amide bonds. The van der Waals surface area contributed by atoms with E-state index in [-0.39, 0.29) is 5.41 Å². The van der Waals surface area contributed by atoms with Gasteiger partial charge in [0.15, 0.2) is 0 Å². The smallest absolute Gasteiger partial charge is 0.127 e. The Morgan fingerprint density at radius 2 is 1.98 bits per heavy atom. The molecule has 1 N–H and O–H groups in total. The zero-order chi connectivity index (χ0) is 30.1. The molecule has 8 heteroatoms. The molecule has 0 atom stereocenters. The second-order valence-corrected chi connectivity index (χ2v) is 12.2. The average molecular weight is 586 g/mol. The molecule has 1 aromatic carbocycles. The number of fused-ring (bicyclic) bond motifs is 1. The largest absolute Gasteiger partial charge is 0.491 e. The van der Waals surface area contributed by atoms with Crippen LogP contribution in [-0.4, -0.2) is 35.9 Å². The molecule has 212 valence electrons. The predicted octanol–water partition coefficient (Wildman–Crippen LogP) is 8.31. The van der Waals surface area contributed by atoms with E-state index in [4.69, 9.17) is 26.3 Å². The Hall–Kier alpha value is -3.86. The van der Waals surface area contributed by atoms with Crippen LogP contribution in [0.3, 0.4) is 0 Å². The first-order valence-electron chi connectivity index (χ1n) is 13.4. The van der Waals surface area contributed by atoms with Crippen molar-refractivity contribution in [2.45, 2.75) is 47.0 Å². The molecule has 1 aliphatic heterocycles. The van der Waals surface area contributed by atoms with Crippen molar-refractivity contribution >= 4 is 39.0 Å². The topological polar surface area (TPSA) is 73.5 Å². The third-order valence-electron chi connectivity index (χ3n) is 7.05. The Labute approximate surface area is 252 Å². The van der Waals surface area contributed by atoms with Crippen LogP contribution in [0.15, 0.2) is 82.1 Å². The molecular formula is C33H36ClN5OS. The molecule has 0 aliphatic carbocycles. The van der Waals surface area contributed by atoms with Crippen LogP contribution in [0.2, 0.25) is 5.02 Å². The summed E-state index contributed by atoms with van der Waals surface area (Å²) in [6, 6.07) is 10.1. The van der Waals surface area contributed by atoms with E-state index in [1.165, 1.54) is 5.56 Å². The van der Waals surface area contributed by atoms with Gasteiger partial charge in [-0.25, -0.2) is 4.99 Å². The number of thiophene rings is 1. The maximum atomic E-state index is 9.91. The van der Waals surface area contributed by atoms with Crippen LogP contribution in [0.1, 0.15) is 45.9 Å². The SMILES string of the molecule is C=C(NC)/C(C#N)=C1/C(=C)N(CCOc2ccc(Cl)cc2-c2cc(C)nc3c(C(C)(C)C)csc23)C(C)=N/C1=C/C.